The maximum Gasteiger partial charge on any atom is 0.262 e. The summed E-state index contributed by atoms with van der Waals surface area (Å²) in [6.07, 6.45) is 2.73. The van der Waals surface area contributed by atoms with Gasteiger partial charge in [0.25, 0.3) is 5.91 Å². The van der Waals surface area contributed by atoms with Gasteiger partial charge in [0.15, 0.2) is 0 Å². The first kappa shape index (κ1) is 19.5. The largest absolute Gasteiger partial charge is 0.349 e. The second kappa shape index (κ2) is 8.53. The quantitative estimate of drug-likeness (QED) is 0.612. The molecule has 4 nitrogen and oxygen atoms in total. The van der Waals surface area contributed by atoms with Crippen LogP contribution >= 0.6 is 0 Å². The molecule has 26 heavy (non-hydrogen) atoms. The van der Waals surface area contributed by atoms with E-state index in [1.54, 1.807) is 6.08 Å². The third-order valence-corrected chi connectivity index (χ3v) is 4.73. The van der Waals surface area contributed by atoms with Gasteiger partial charge in [0.1, 0.15) is 11.6 Å². The Balaban J connectivity index is 2.24. The molecule has 1 N–H and O–H groups in total. The zero-order chi connectivity index (χ0) is 19.3. The number of benzene rings is 1. The summed E-state index contributed by atoms with van der Waals surface area (Å²) in [5.74, 6) is -0.344. The summed E-state index contributed by atoms with van der Waals surface area (Å²) in [5.41, 5.74) is 5.44. The van der Waals surface area contributed by atoms with Crippen LogP contribution in [-0.4, -0.2) is 10.5 Å². The third kappa shape index (κ3) is 4.23. The van der Waals surface area contributed by atoms with E-state index < -0.39 is 0 Å². The van der Waals surface area contributed by atoms with Crippen molar-refractivity contribution in [2.24, 2.45) is 0 Å². The van der Waals surface area contributed by atoms with Gasteiger partial charge < -0.3 is 9.88 Å². The summed E-state index contributed by atoms with van der Waals surface area (Å²) in [6.45, 7) is 11.1. The lowest BCUT2D eigenvalue weighted by Crippen LogP contribution is -2.28. The number of amides is 1. The van der Waals surface area contributed by atoms with Crippen LogP contribution in [0.4, 0.5) is 0 Å². The van der Waals surface area contributed by atoms with E-state index in [2.05, 4.69) is 16.8 Å². The van der Waals surface area contributed by atoms with Crippen LogP contribution in [0.25, 0.3) is 6.08 Å². The molecule has 1 aromatic carbocycles. The molecule has 0 radical (unpaired) electrons. The molecule has 0 saturated carbocycles. The molecule has 0 bridgehead atoms. The van der Waals surface area contributed by atoms with Crippen molar-refractivity contribution in [2.75, 3.05) is 0 Å². The average molecular weight is 349 g/mol. The van der Waals surface area contributed by atoms with E-state index in [4.69, 9.17) is 0 Å². The van der Waals surface area contributed by atoms with Crippen LogP contribution in [0.15, 0.2) is 35.9 Å². The first-order chi connectivity index (χ1) is 12.4. The fraction of sp³-hybridized carbons (Fsp3) is 0.364. The van der Waals surface area contributed by atoms with E-state index in [0.717, 1.165) is 41.0 Å². The first-order valence-corrected chi connectivity index (χ1v) is 9.04. The van der Waals surface area contributed by atoms with E-state index in [1.807, 2.05) is 64.1 Å². The van der Waals surface area contributed by atoms with Crippen LogP contribution in [0.5, 0.6) is 0 Å². The van der Waals surface area contributed by atoms with E-state index in [1.165, 1.54) is 0 Å². The summed E-state index contributed by atoms with van der Waals surface area (Å²) < 4.78 is 2.22. The lowest BCUT2D eigenvalue weighted by atomic mass is 10.0. The fourth-order valence-corrected chi connectivity index (χ4v) is 3.27. The Morgan fingerprint density at radius 2 is 2.00 bits per heavy atom. The van der Waals surface area contributed by atoms with Crippen LogP contribution in [-0.2, 0) is 11.3 Å². The number of rotatable bonds is 6. The highest BCUT2D eigenvalue weighted by Crippen LogP contribution is 2.20. The zero-order valence-corrected chi connectivity index (χ0v) is 16.3. The molecule has 2 rings (SSSR count). The number of aryl methyl sites for hydroxylation is 2. The Labute approximate surface area is 156 Å². The predicted molar refractivity (Wildman–Crippen MR) is 106 cm³/mol. The Morgan fingerprint density at radius 3 is 2.62 bits per heavy atom. The fourth-order valence-electron chi connectivity index (χ4n) is 3.27. The molecule has 0 spiro atoms. The molecule has 136 valence electrons. The van der Waals surface area contributed by atoms with E-state index in [9.17, 15) is 10.1 Å². The van der Waals surface area contributed by atoms with Crippen LogP contribution in [0.2, 0.25) is 0 Å². The van der Waals surface area contributed by atoms with Gasteiger partial charge in [-0.3, -0.25) is 4.79 Å². The number of nitrogens with zero attached hydrogens (tertiary/aromatic N) is 2. The molecule has 2 aromatic rings. The van der Waals surface area contributed by atoms with Crippen molar-refractivity contribution >= 4 is 12.0 Å². The van der Waals surface area contributed by atoms with Crippen LogP contribution in [0.1, 0.15) is 54.4 Å². The second-order valence-electron chi connectivity index (χ2n) is 6.70. The molecule has 0 saturated heterocycles. The van der Waals surface area contributed by atoms with Gasteiger partial charge in [-0.2, -0.15) is 5.26 Å². The number of hydrogen-bond donors (Lipinski definition) is 1. The van der Waals surface area contributed by atoms with Gasteiger partial charge in [0.05, 0.1) is 6.04 Å². The first-order valence-electron chi connectivity index (χ1n) is 9.04. The van der Waals surface area contributed by atoms with Crippen molar-refractivity contribution in [2.45, 2.75) is 53.6 Å². The number of aromatic nitrogens is 1. The average Bonchev–Trinajstić information content (AvgIpc) is 2.87. The monoisotopic (exact) mass is 349 g/mol. The number of nitriles is 1. The Kier molecular flexibility index (Phi) is 6.41. The smallest absolute Gasteiger partial charge is 0.262 e. The van der Waals surface area contributed by atoms with Crippen molar-refractivity contribution in [1.82, 2.24) is 9.88 Å². The zero-order valence-electron chi connectivity index (χ0n) is 16.3. The molecule has 1 heterocycles. The van der Waals surface area contributed by atoms with Gasteiger partial charge in [-0.15, -0.1) is 0 Å². The Hall–Kier alpha value is -2.80. The summed E-state index contributed by atoms with van der Waals surface area (Å²) in [4.78, 5) is 12.6. The lowest BCUT2D eigenvalue weighted by Gasteiger charge is -2.16. The Bertz CT molecular complexity index is 868. The molecule has 0 fully saturated rings. The number of carbonyl (C=O) groups is 1. The summed E-state index contributed by atoms with van der Waals surface area (Å²) >= 11 is 0. The van der Waals surface area contributed by atoms with Gasteiger partial charge in [-0.05, 0) is 62.9 Å². The molecule has 1 unspecified atom stereocenters. The van der Waals surface area contributed by atoms with Gasteiger partial charge >= 0.3 is 0 Å². The SMILES string of the molecule is CCCn1c(C)cc(/C=C(\C#N)C(=O)NC(C)c2ccccc2C)c1C. The van der Waals surface area contributed by atoms with Gasteiger partial charge in [-0.25, -0.2) is 0 Å². The Morgan fingerprint density at radius 1 is 1.31 bits per heavy atom. The summed E-state index contributed by atoms with van der Waals surface area (Å²) in [5, 5.41) is 12.4. The maximum absolute atomic E-state index is 12.6. The van der Waals surface area contributed by atoms with Crippen molar-refractivity contribution in [3.05, 3.63) is 64.0 Å². The minimum absolute atomic E-state index is 0.127. The molecule has 1 atom stereocenters. The highest BCUT2D eigenvalue weighted by atomic mass is 16.1. The van der Waals surface area contributed by atoms with Crippen molar-refractivity contribution in [1.29, 1.82) is 5.26 Å². The van der Waals surface area contributed by atoms with Gasteiger partial charge in [-0.1, -0.05) is 31.2 Å². The highest BCUT2D eigenvalue weighted by molar-refractivity contribution is 6.02. The van der Waals surface area contributed by atoms with Crippen LogP contribution < -0.4 is 5.32 Å². The molecule has 4 heteroatoms. The maximum atomic E-state index is 12.6. The lowest BCUT2D eigenvalue weighted by molar-refractivity contribution is -0.117. The predicted octanol–water partition coefficient (Wildman–Crippen LogP) is 4.61. The molecule has 0 aliphatic rings. The minimum Gasteiger partial charge on any atom is -0.349 e. The van der Waals surface area contributed by atoms with E-state index in [-0.39, 0.29) is 17.5 Å². The topological polar surface area (TPSA) is 57.8 Å². The minimum atomic E-state index is -0.344. The highest BCUT2D eigenvalue weighted by Gasteiger charge is 2.16. The van der Waals surface area contributed by atoms with E-state index >= 15 is 0 Å². The van der Waals surface area contributed by atoms with Crippen molar-refractivity contribution in [3.8, 4) is 6.07 Å². The normalized spacial score (nSPS) is 12.5. The van der Waals surface area contributed by atoms with Crippen molar-refractivity contribution < 1.29 is 4.79 Å². The number of nitrogens with one attached hydrogen (secondary N) is 1. The molecule has 0 aliphatic heterocycles. The summed E-state index contributed by atoms with van der Waals surface area (Å²) in [6, 6.07) is 11.9. The van der Waals surface area contributed by atoms with Crippen LogP contribution in [0.3, 0.4) is 0 Å². The summed E-state index contributed by atoms with van der Waals surface area (Å²) in [7, 11) is 0. The molecule has 0 aliphatic carbocycles. The molecular weight excluding hydrogens is 322 g/mol. The van der Waals surface area contributed by atoms with Crippen LogP contribution in [0, 0.1) is 32.1 Å². The molecule has 1 amide bonds. The third-order valence-electron chi connectivity index (χ3n) is 4.73. The standard InChI is InChI=1S/C22H27N3O/c1-6-11-25-16(3)12-19(18(25)5)13-20(14-23)22(26)24-17(4)21-10-8-7-9-15(21)2/h7-10,12-13,17H,6,11H2,1-5H3,(H,24,26)/b20-13+. The second-order valence-corrected chi connectivity index (χ2v) is 6.70. The molecule has 1 aromatic heterocycles. The van der Waals surface area contributed by atoms with Crippen molar-refractivity contribution in [3.63, 3.8) is 0 Å². The van der Waals surface area contributed by atoms with Gasteiger partial charge in [0.2, 0.25) is 0 Å². The molecular formula is C22H27N3O. The van der Waals surface area contributed by atoms with Gasteiger partial charge in [0, 0.05) is 17.9 Å². The number of carbonyl (C=O) groups excluding carboxylic acids is 1. The number of hydrogen-bond acceptors (Lipinski definition) is 2. The van der Waals surface area contributed by atoms with E-state index in [0.29, 0.717) is 0 Å².